The molecule has 2 heterocycles. The molecule has 0 amide bonds. The van der Waals surface area contributed by atoms with Gasteiger partial charge in [-0.2, -0.15) is 0 Å². The number of thiazole rings is 1. The largest absolute Gasteiger partial charge is 0.493 e. The third-order valence-corrected chi connectivity index (χ3v) is 9.41. The van der Waals surface area contributed by atoms with E-state index < -0.39 is 12.0 Å². The molecule has 1 atom stereocenters. The number of nitrogens with zero attached hydrogens (tertiary/aromatic N) is 2. The maximum atomic E-state index is 14.2. The molecular weight excluding hydrogens is 728 g/mol. The summed E-state index contributed by atoms with van der Waals surface area (Å²) >= 11 is 4.84. The molecule has 0 N–H and O–H groups in total. The van der Waals surface area contributed by atoms with Crippen molar-refractivity contribution < 1.29 is 38.0 Å². The van der Waals surface area contributed by atoms with Crippen LogP contribution in [0, 0.1) is 0 Å². The van der Waals surface area contributed by atoms with Crippen molar-refractivity contribution in [1.29, 1.82) is 0 Å². The highest BCUT2D eigenvalue weighted by molar-refractivity contribution is 9.10. The second kappa shape index (κ2) is 16.2. The zero-order valence-electron chi connectivity index (χ0n) is 28.5. The van der Waals surface area contributed by atoms with E-state index >= 15 is 0 Å². The van der Waals surface area contributed by atoms with Crippen LogP contribution in [0.4, 0.5) is 0 Å². The number of allylic oxidation sites excluding steroid dienone is 1. The van der Waals surface area contributed by atoms with Gasteiger partial charge in [-0.05, 0) is 86.9 Å². The number of ether oxygens (including phenoxy) is 6. The van der Waals surface area contributed by atoms with Gasteiger partial charge in [0.2, 0.25) is 0 Å². The fourth-order valence-electron chi connectivity index (χ4n) is 5.43. The summed E-state index contributed by atoms with van der Waals surface area (Å²) in [5.74, 6) is 1.00. The van der Waals surface area contributed by atoms with Crippen molar-refractivity contribution in [2.24, 2.45) is 4.99 Å². The molecule has 13 heteroatoms. The Morgan fingerprint density at radius 2 is 1.54 bits per heavy atom. The zero-order valence-corrected chi connectivity index (χ0v) is 30.9. The first-order valence-corrected chi connectivity index (χ1v) is 17.5. The van der Waals surface area contributed by atoms with Crippen LogP contribution >= 0.6 is 27.3 Å². The molecule has 1 aromatic heterocycles. The monoisotopic (exact) mass is 764 g/mol. The first kappa shape index (κ1) is 36.4. The maximum absolute atomic E-state index is 14.2. The summed E-state index contributed by atoms with van der Waals surface area (Å²) in [5.41, 5.74) is 2.99. The van der Waals surface area contributed by atoms with Crippen molar-refractivity contribution in [2.45, 2.75) is 40.3 Å². The van der Waals surface area contributed by atoms with Gasteiger partial charge in [-0.1, -0.05) is 45.5 Å². The van der Waals surface area contributed by atoms with Crippen molar-refractivity contribution in [3.05, 3.63) is 112 Å². The minimum absolute atomic E-state index is 0.156. The number of carbonyl (C=O) groups excluding carboxylic acids is 2. The fourth-order valence-corrected chi connectivity index (χ4v) is 7.02. The lowest BCUT2D eigenvalue weighted by Crippen LogP contribution is -2.40. The Balaban J connectivity index is 1.53. The molecule has 0 radical (unpaired) electrons. The van der Waals surface area contributed by atoms with Gasteiger partial charge in [0.05, 0.1) is 61.4 Å². The molecule has 262 valence electrons. The van der Waals surface area contributed by atoms with Gasteiger partial charge in [0.15, 0.2) is 27.8 Å². The number of hydrogen-bond acceptors (Lipinski definition) is 11. The molecule has 0 unspecified atom stereocenters. The van der Waals surface area contributed by atoms with E-state index in [1.54, 1.807) is 63.2 Å². The van der Waals surface area contributed by atoms with Crippen LogP contribution in [0.2, 0.25) is 0 Å². The van der Waals surface area contributed by atoms with Crippen LogP contribution in [0.15, 0.2) is 80.1 Å². The van der Waals surface area contributed by atoms with Gasteiger partial charge >= 0.3 is 11.9 Å². The Kier molecular flexibility index (Phi) is 11.8. The van der Waals surface area contributed by atoms with Crippen LogP contribution in [-0.4, -0.2) is 50.5 Å². The molecule has 0 spiro atoms. The number of rotatable bonds is 13. The molecule has 0 fully saturated rings. The highest BCUT2D eigenvalue weighted by atomic mass is 79.9. The smallest absolute Gasteiger partial charge is 0.338 e. The average Bonchev–Trinajstić information content (AvgIpc) is 3.41. The first-order chi connectivity index (χ1) is 24.1. The van der Waals surface area contributed by atoms with Crippen molar-refractivity contribution in [3.63, 3.8) is 0 Å². The summed E-state index contributed by atoms with van der Waals surface area (Å²) in [5, 5.41) is 0. The first-order valence-electron chi connectivity index (χ1n) is 15.9. The molecule has 5 rings (SSSR count). The standard InChI is InChI=1S/C37H37BrN2O9S/c1-7-46-30-16-23(12-15-27(30)49-20-22-10-13-24(14-11-22)35(42)47-8-2)17-31-34(41)40-33(25-18-28(44-5)29(45-6)19-26(25)38)32(36(43)48-9-3)21(4)39-37(40)50-31/h10-19,33H,7-9,20H2,1-6H3/b31-17-/t33-/m0/s1. The van der Waals surface area contributed by atoms with Gasteiger partial charge in [0, 0.05) is 4.47 Å². The van der Waals surface area contributed by atoms with E-state index in [2.05, 4.69) is 20.9 Å². The summed E-state index contributed by atoms with van der Waals surface area (Å²) in [6.07, 6.45) is 1.76. The summed E-state index contributed by atoms with van der Waals surface area (Å²) in [4.78, 5) is 44.7. The molecule has 50 heavy (non-hydrogen) atoms. The molecule has 1 aliphatic rings. The Morgan fingerprint density at radius 3 is 2.20 bits per heavy atom. The number of carbonyl (C=O) groups is 2. The molecule has 0 bridgehead atoms. The fraction of sp³-hybridized carbons (Fsp3) is 0.297. The van der Waals surface area contributed by atoms with Crippen LogP contribution in [0.5, 0.6) is 23.0 Å². The van der Waals surface area contributed by atoms with E-state index in [1.165, 1.54) is 30.1 Å². The van der Waals surface area contributed by atoms with Crippen molar-refractivity contribution in [2.75, 3.05) is 34.0 Å². The molecule has 0 aliphatic carbocycles. The predicted molar refractivity (Wildman–Crippen MR) is 192 cm³/mol. The highest BCUT2D eigenvalue weighted by Gasteiger charge is 2.35. The van der Waals surface area contributed by atoms with Crippen molar-refractivity contribution in [1.82, 2.24) is 4.57 Å². The minimum Gasteiger partial charge on any atom is -0.493 e. The van der Waals surface area contributed by atoms with Gasteiger partial charge in [-0.15, -0.1) is 0 Å². The Labute approximate surface area is 301 Å². The number of benzene rings is 3. The minimum atomic E-state index is -0.859. The lowest BCUT2D eigenvalue weighted by atomic mass is 9.95. The van der Waals surface area contributed by atoms with Crippen LogP contribution in [0.1, 0.15) is 60.8 Å². The Bertz CT molecular complexity index is 2120. The normalized spacial score (nSPS) is 14.1. The van der Waals surface area contributed by atoms with Gasteiger partial charge in [0.25, 0.3) is 5.56 Å². The van der Waals surface area contributed by atoms with Gasteiger partial charge in [-0.25, -0.2) is 14.6 Å². The summed E-state index contributed by atoms with van der Waals surface area (Å²) in [7, 11) is 3.05. The molecular formula is C37H37BrN2O9S. The predicted octanol–water partition coefficient (Wildman–Crippen LogP) is 5.73. The summed E-state index contributed by atoms with van der Waals surface area (Å²) in [6, 6.07) is 15.1. The molecule has 1 aliphatic heterocycles. The van der Waals surface area contributed by atoms with Gasteiger partial charge in [-0.3, -0.25) is 9.36 Å². The van der Waals surface area contributed by atoms with E-state index in [9.17, 15) is 14.4 Å². The number of hydrogen-bond donors (Lipinski definition) is 0. The van der Waals surface area contributed by atoms with E-state index in [1.807, 2.05) is 25.1 Å². The average molecular weight is 766 g/mol. The molecule has 0 saturated carbocycles. The van der Waals surface area contributed by atoms with Gasteiger partial charge in [0.1, 0.15) is 6.61 Å². The van der Waals surface area contributed by atoms with E-state index in [0.717, 1.165) is 5.56 Å². The number of methoxy groups -OCH3 is 2. The van der Waals surface area contributed by atoms with Crippen LogP contribution < -0.4 is 33.8 Å². The van der Waals surface area contributed by atoms with Gasteiger partial charge < -0.3 is 28.4 Å². The quantitative estimate of drug-likeness (QED) is 0.157. The topological polar surface area (TPSA) is 124 Å². The van der Waals surface area contributed by atoms with Crippen LogP contribution in [0.3, 0.4) is 0 Å². The highest BCUT2D eigenvalue weighted by Crippen LogP contribution is 2.41. The second-order valence-corrected chi connectivity index (χ2v) is 12.7. The third kappa shape index (κ3) is 7.63. The third-order valence-electron chi connectivity index (χ3n) is 7.74. The van der Waals surface area contributed by atoms with E-state index in [-0.39, 0.29) is 30.3 Å². The number of halogens is 1. The SMILES string of the molecule is CCOC(=O)C1=C(C)N=c2s/c(=C\c3ccc(OCc4ccc(C(=O)OCC)cc4)c(OCC)c3)c(=O)n2[C@H]1c1cc(OC)c(OC)cc1Br. The lowest BCUT2D eigenvalue weighted by molar-refractivity contribution is -0.139. The zero-order chi connectivity index (χ0) is 35.9. The van der Waals surface area contributed by atoms with E-state index in [0.29, 0.717) is 72.4 Å². The van der Waals surface area contributed by atoms with Crippen molar-refractivity contribution in [3.8, 4) is 23.0 Å². The number of aromatic nitrogens is 1. The van der Waals surface area contributed by atoms with Crippen LogP contribution in [-0.2, 0) is 20.9 Å². The molecule has 0 saturated heterocycles. The lowest BCUT2D eigenvalue weighted by Gasteiger charge is -2.26. The number of esters is 2. The molecule has 3 aromatic carbocycles. The molecule has 4 aromatic rings. The number of fused-ring (bicyclic) bond motifs is 1. The summed E-state index contributed by atoms with van der Waals surface area (Å²) < 4.78 is 36.0. The molecule has 11 nitrogen and oxygen atoms in total. The summed E-state index contributed by atoms with van der Waals surface area (Å²) in [6.45, 7) is 8.19. The van der Waals surface area contributed by atoms with Crippen LogP contribution in [0.25, 0.3) is 6.08 Å². The maximum Gasteiger partial charge on any atom is 0.338 e. The van der Waals surface area contributed by atoms with E-state index in [4.69, 9.17) is 28.4 Å². The second-order valence-electron chi connectivity index (χ2n) is 10.9. The Morgan fingerprint density at radius 1 is 0.860 bits per heavy atom. The van der Waals surface area contributed by atoms with Crippen molar-refractivity contribution >= 4 is 45.3 Å². The Hall–Kier alpha value is -4.88.